The second kappa shape index (κ2) is 11.4. The number of thiazole rings is 1. The van der Waals surface area contributed by atoms with Crippen LogP contribution in [0.4, 0.5) is 5.13 Å². The number of halogens is 1. The van der Waals surface area contributed by atoms with Gasteiger partial charge < -0.3 is 18.6 Å². The van der Waals surface area contributed by atoms with Crippen molar-refractivity contribution in [3.05, 3.63) is 68.3 Å². The van der Waals surface area contributed by atoms with Crippen molar-refractivity contribution in [1.29, 1.82) is 0 Å². The van der Waals surface area contributed by atoms with Crippen LogP contribution in [0, 0.1) is 6.92 Å². The van der Waals surface area contributed by atoms with E-state index in [9.17, 15) is 14.4 Å². The number of nitrogens with one attached hydrogen (secondary N) is 1. The number of hydrogen-bond acceptors (Lipinski definition) is 9. The number of anilines is 1. The average molecular weight is 543 g/mol. The molecule has 0 saturated heterocycles. The molecule has 0 spiro atoms. The summed E-state index contributed by atoms with van der Waals surface area (Å²) in [7, 11) is 1.55. The summed E-state index contributed by atoms with van der Waals surface area (Å²) in [6.07, 6.45) is 0.00208. The molecule has 192 valence electrons. The van der Waals surface area contributed by atoms with Crippen LogP contribution in [0.5, 0.6) is 11.5 Å². The maximum Gasteiger partial charge on any atom is 0.311 e. The van der Waals surface area contributed by atoms with Gasteiger partial charge in [-0.25, -0.2) is 4.98 Å². The predicted octanol–water partition coefficient (Wildman–Crippen LogP) is 5.01. The number of amides is 1. The van der Waals surface area contributed by atoms with Gasteiger partial charge in [0.05, 0.1) is 31.2 Å². The minimum atomic E-state index is -0.542. The van der Waals surface area contributed by atoms with Gasteiger partial charge >= 0.3 is 5.97 Å². The molecule has 2 aromatic heterocycles. The second-order valence-corrected chi connectivity index (χ2v) is 9.14. The Morgan fingerprint density at radius 1 is 1.19 bits per heavy atom. The standard InChI is InChI=1S/C26H23ClN2O7S/c1-4-34-22(31)10-16-13-37-26(28-16)29-21(30)12-35-25-23(32)18-11-19(27)14(2)9-20(18)36-24(25)15-5-7-17(33-3)8-6-15/h5-9,11,13H,4,10,12H2,1-3H3,(H,28,29,30). The fraction of sp³-hybridized carbons (Fsp3) is 0.231. The third kappa shape index (κ3) is 6.10. The van der Waals surface area contributed by atoms with E-state index in [1.54, 1.807) is 56.7 Å². The molecule has 2 aromatic carbocycles. The summed E-state index contributed by atoms with van der Waals surface area (Å²) in [6.45, 7) is 3.32. The molecule has 9 nitrogen and oxygen atoms in total. The smallest absolute Gasteiger partial charge is 0.311 e. The third-order valence-electron chi connectivity index (χ3n) is 5.26. The van der Waals surface area contributed by atoms with Crippen molar-refractivity contribution in [2.75, 3.05) is 25.6 Å². The van der Waals surface area contributed by atoms with Crippen molar-refractivity contribution >= 4 is 50.9 Å². The van der Waals surface area contributed by atoms with Crippen LogP contribution >= 0.6 is 22.9 Å². The zero-order valence-corrected chi connectivity index (χ0v) is 21.8. The zero-order chi connectivity index (χ0) is 26.5. The van der Waals surface area contributed by atoms with Gasteiger partial charge in [-0.05, 0) is 55.8 Å². The highest BCUT2D eigenvalue weighted by Gasteiger charge is 2.20. The molecule has 4 aromatic rings. The number of benzene rings is 2. The summed E-state index contributed by atoms with van der Waals surface area (Å²) in [4.78, 5) is 41.8. The third-order valence-corrected chi connectivity index (χ3v) is 6.47. The van der Waals surface area contributed by atoms with Crippen LogP contribution < -0.4 is 20.2 Å². The van der Waals surface area contributed by atoms with Crippen LogP contribution in [0.3, 0.4) is 0 Å². The molecule has 11 heteroatoms. The molecule has 0 atom stereocenters. The van der Waals surface area contributed by atoms with Gasteiger partial charge in [0.1, 0.15) is 11.3 Å². The Hall–Kier alpha value is -3.89. The lowest BCUT2D eigenvalue weighted by Crippen LogP contribution is -2.22. The second-order valence-electron chi connectivity index (χ2n) is 7.88. The number of ether oxygens (including phenoxy) is 3. The Labute approximate surface area is 220 Å². The van der Waals surface area contributed by atoms with E-state index in [2.05, 4.69) is 10.3 Å². The highest BCUT2D eigenvalue weighted by atomic mass is 35.5. The summed E-state index contributed by atoms with van der Waals surface area (Å²) in [6, 6.07) is 10.1. The Morgan fingerprint density at radius 3 is 2.65 bits per heavy atom. The van der Waals surface area contributed by atoms with Gasteiger partial charge in [-0.15, -0.1) is 11.3 Å². The summed E-state index contributed by atoms with van der Waals surface area (Å²) < 4.78 is 21.9. The van der Waals surface area contributed by atoms with Crippen LogP contribution in [-0.2, 0) is 20.7 Å². The number of aryl methyl sites for hydroxylation is 1. The monoisotopic (exact) mass is 542 g/mol. The minimum Gasteiger partial charge on any atom is -0.497 e. The van der Waals surface area contributed by atoms with Crippen LogP contribution in [0.2, 0.25) is 5.02 Å². The van der Waals surface area contributed by atoms with E-state index in [0.717, 1.165) is 16.9 Å². The lowest BCUT2D eigenvalue weighted by atomic mass is 10.1. The van der Waals surface area contributed by atoms with Crippen LogP contribution in [0.25, 0.3) is 22.3 Å². The minimum absolute atomic E-state index is 0.00208. The molecule has 0 aliphatic rings. The van der Waals surface area contributed by atoms with E-state index >= 15 is 0 Å². The van der Waals surface area contributed by atoms with Crippen molar-refractivity contribution in [1.82, 2.24) is 4.98 Å². The van der Waals surface area contributed by atoms with Gasteiger partial charge in [-0.2, -0.15) is 0 Å². The van der Waals surface area contributed by atoms with E-state index < -0.39 is 23.9 Å². The molecule has 1 amide bonds. The summed E-state index contributed by atoms with van der Waals surface area (Å²) >= 11 is 7.39. The van der Waals surface area contributed by atoms with E-state index in [1.807, 2.05) is 0 Å². The first-order chi connectivity index (χ1) is 17.8. The fourth-order valence-corrected chi connectivity index (χ4v) is 4.35. The number of nitrogens with zero attached hydrogens (tertiary/aromatic N) is 1. The maximum absolute atomic E-state index is 13.4. The van der Waals surface area contributed by atoms with Gasteiger partial charge in [0.15, 0.2) is 17.5 Å². The van der Waals surface area contributed by atoms with Crippen molar-refractivity contribution in [2.24, 2.45) is 0 Å². The number of carbonyl (C=O) groups is 2. The topological polar surface area (TPSA) is 117 Å². The average Bonchev–Trinajstić information content (AvgIpc) is 3.31. The first-order valence-corrected chi connectivity index (χ1v) is 12.5. The number of rotatable bonds is 9. The van der Waals surface area contributed by atoms with Gasteiger partial charge in [-0.3, -0.25) is 19.7 Å². The van der Waals surface area contributed by atoms with E-state index in [-0.39, 0.29) is 35.1 Å². The fourth-order valence-electron chi connectivity index (χ4n) is 3.46. The molecule has 37 heavy (non-hydrogen) atoms. The molecule has 0 bridgehead atoms. The van der Waals surface area contributed by atoms with E-state index in [1.165, 1.54) is 6.07 Å². The van der Waals surface area contributed by atoms with Crippen molar-refractivity contribution in [2.45, 2.75) is 20.3 Å². The van der Waals surface area contributed by atoms with Gasteiger partial charge in [-0.1, -0.05) is 11.6 Å². The maximum atomic E-state index is 13.4. The zero-order valence-electron chi connectivity index (χ0n) is 20.3. The molecule has 0 radical (unpaired) electrons. The molecule has 2 heterocycles. The summed E-state index contributed by atoms with van der Waals surface area (Å²) in [5.41, 5.74) is 1.66. The Balaban J connectivity index is 1.59. The number of carbonyl (C=O) groups excluding carboxylic acids is 2. The van der Waals surface area contributed by atoms with Gasteiger partial charge in [0, 0.05) is 16.0 Å². The molecule has 0 aliphatic carbocycles. The van der Waals surface area contributed by atoms with E-state index in [4.69, 9.17) is 30.2 Å². The Kier molecular flexibility index (Phi) is 8.10. The number of hydrogen-bond donors (Lipinski definition) is 1. The van der Waals surface area contributed by atoms with Crippen LogP contribution in [0.15, 0.2) is 51.0 Å². The molecule has 0 saturated carbocycles. The Morgan fingerprint density at radius 2 is 1.95 bits per heavy atom. The van der Waals surface area contributed by atoms with Crippen LogP contribution in [-0.4, -0.2) is 37.2 Å². The van der Waals surface area contributed by atoms with Crippen molar-refractivity contribution in [3.63, 3.8) is 0 Å². The number of methoxy groups -OCH3 is 1. The lowest BCUT2D eigenvalue weighted by molar-refractivity contribution is -0.142. The van der Waals surface area contributed by atoms with Crippen LogP contribution in [0.1, 0.15) is 18.2 Å². The predicted molar refractivity (Wildman–Crippen MR) is 141 cm³/mol. The molecular formula is C26H23ClN2O7S. The summed E-state index contributed by atoms with van der Waals surface area (Å²) in [5, 5.41) is 5.18. The first kappa shape index (κ1) is 26.2. The molecule has 0 unspecified atom stereocenters. The SMILES string of the molecule is CCOC(=O)Cc1csc(NC(=O)COc2c(-c3ccc(OC)cc3)oc3cc(C)c(Cl)cc3c2=O)n1. The van der Waals surface area contributed by atoms with Gasteiger partial charge in [0.25, 0.3) is 5.91 Å². The number of fused-ring (bicyclic) bond motifs is 1. The molecule has 4 rings (SSSR count). The highest BCUT2D eigenvalue weighted by Crippen LogP contribution is 2.33. The molecule has 1 N–H and O–H groups in total. The largest absolute Gasteiger partial charge is 0.497 e. The Bertz CT molecular complexity index is 1510. The van der Waals surface area contributed by atoms with E-state index in [0.29, 0.717) is 27.6 Å². The van der Waals surface area contributed by atoms with Crippen molar-refractivity contribution < 1.29 is 28.2 Å². The highest BCUT2D eigenvalue weighted by molar-refractivity contribution is 7.13. The number of aromatic nitrogens is 1. The molecule has 0 aliphatic heterocycles. The summed E-state index contributed by atoms with van der Waals surface area (Å²) in [5.74, 6) is -0.282. The molecule has 0 fully saturated rings. The number of esters is 1. The first-order valence-electron chi connectivity index (χ1n) is 11.2. The van der Waals surface area contributed by atoms with Crippen molar-refractivity contribution in [3.8, 4) is 22.8 Å². The normalized spacial score (nSPS) is 10.8. The quantitative estimate of drug-likeness (QED) is 0.293. The lowest BCUT2D eigenvalue weighted by Gasteiger charge is -2.12. The molecular weight excluding hydrogens is 520 g/mol. The van der Waals surface area contributed by atoms with Gasteiger partial charge in [0.2, 0.25) is 11.2 Å².